The topological polar surface area (TPSA) is 90.0 Å². The summed E-state index contributed by atoms with van der Waals surface area (Å²) >= 11 is 1.58. The number of carboxylic acids is 1. The molecule has 7 nitrogen and oxygen atoms in total. The third kappa shape index (κ3) is 5.92. The summed E-state index contributed by atoms with van der Waals surface area (Å²) in [5, 5.41) is 11.9. The van der Waals surface area contributed by atoms with Crippen LogP contribution in [0.25, 0.3) is 0 Å². The van der Waals surface area contributed by atoms with Gasteiger partial charge in [-0.05, 0) is 6.42 Å². The molecule has 1 rings (SSSR count). The number of aliphatic carboxylic acids is 1. The van der Waals surface area contributed by atoms with Crippen molar-refractivity contribution in [2.75, 3.05) is 44.7 Å². The van der Waals surface area contributed by atoms with E-state index in [4.69, 9.17) is 5.11 Å². The molecular formula is C13H23N3O4S. The first kappa shape index (κ1) is 17.8. The summed E-state index contributed by atoms with van der Waals surface area (Å²) in [5.41, 5.74) is 0. The molecule has 0 aromatic rings. The quantitative estimate of drug-likeness (QED) is 0.656. The lowest BCUT2D eigenvalue weighted by atomic mass is 10.2. The highest BCUT2D eigenvalue weighted by molar-refractivity contribution is 7.99. The van der Waals surface area contributed by atoms with Crippen LogP contribution in [0.15, 0.2) is 0 Å². The Morgan fingerprint density at radius 2 is 2.14 bits per heavy atom. The molecule has 0 aliphatic carbocycles. The van der Waals surface area contributed by atoms with Crippen molar-refractivity contribution < 1.29 is 19.5 Å². The largest absolute Gasteiger partial charge is 0.480 e. The molecule has 0 saturated carbocycles. The van der Waals surface area contributed by atoms with E-state index in [1.54, 1.807) is 23.7 Å². The van der Waals surface area contributed by atoms with E-state index in [2.05, 4.69) is 5.32 Å². The summed E-state index contributed by atoms with van der Waals surface area (Å²) in [6, 6.07) is -0.630. The van der Waals surface area contributed by atoms with Crippen LogP contribution in [-0.2, 0) is 14.4 Å². The molecule has 1 aliphatic rings. The second-order valence-electron chi connectivity index (χ2n) is 5.00. The molecule has 1 aliphatic heterocycles. The van der Waals surface area contributed by atoms with E-state index < -0.39 is 12.0 Å². The lowest BCUT2D eigenvalue weighted by Gasteiger charge is -2.32. The zero-order chi connectivity index (χ0) is 15.8. The first-order valence-electron chi connectivity index (χ1n) is 7.01. The molecule has 1 atom stereocenters. The van der Waals surface area contributed by atoms with Crippen molar-refractivity contribution in [3.8, 4) is 0 Å². The fourth-order valence-electron chi connectivity index (χ4n) is 1.97. The number of carbonyl (C=O) groups excluding carboxylic acids is 2. The minimum atomic E-state index is -0.904. The summed E-state index contributed by atoms with van der Waals surface area (Å²) < 4.78 is 0. The normalized spacial score (nSPS) is 19.0. The Bertz CT molecular complexity index is 392. The van der Waals surface area contributed by atoms with Gasteiger partial charge in [-0.15, -0.1) is 0 Å². The van der Waals surface area contributed by atoms with E-state index in [-0.39, 0.29) is 24.9 Å². The molecule has 0 aromatic carbocycles. The first-order valence-corrected chi connectivity index (χ1v) is 8.16. The molecule has 0 aromatic heterocycles. The minimum Gasteiger partial charge on any atom is -0.480 e. The number of likely N-dealkylation sites (N-methyl/N-ethyl adjacent to an activating group) is 1. The molecule has 1 fully saturated rings. The molecule has 120 valence electrons. The van der Waals surface area contributed by atoms with Gasteiger partial charge in [-0.25, -0.2) is 0 Å². The Morgan fingerprint density at radius 3 is 2.76 bits per heavy atom. The van der Waals surface area contributed by atoms with E-state index >= 15 is 0 Å². The van der Waals surface area contributed by atoms with Gasteiger partial charge < -0.3 is 15.3 Å². The number of nitrogens with one attached hydrogen (secondary N) is 1. The number of nitrogens with zero attached hydrogens (tertiary/aromatic N) is 2. The van der Waals surface area contributed by atoms with Crippen molar-refractivity contribution in [3.05, 3.63) is 0 Å². The molecule has 0 radical (unpaired) electrons. The summed E-state index contributed by atoms with van der Waals surface area (Å²) in [6.45, 7) is 3.15. The number of hydrogen-bond donors (Lipinski definition) is 2. The fourth-order valence-corrected chi connectivity index (χ4v) is 3.08. The van der Waals surface area contributed by atoms with Gasteiger partial charge in [-0.1, -0.05) is 6.92 Å². The molecule has 2 amide bonds. The Labute approximate surface area is 129 Å². The van der Waals surface area contributed by atoms with Crippen LogP contribution in [0, 0.1) is 0 Å². The maximum absolute atomic E-state index is 12.1. The van der Waals surface area contributed by atoms with Crippen LogP contribution in [-0.4, -0.2) is 83.5 Å². The van der Waals surface area contributed by atoms with Crippen molar-refractivity contribution in [2.24, 2.45) is 0 Å². The third-order valence-electron chi connectivity index (χ3n) is 3.24. The Morgan fingerprint density at radius 1 is 1.43 bits per heavy atom. The van der Waals surface area contributed by atoms with Crippen LogP contribution in [0.1, 0.15) is 13.3 Å². The maximum Gasteiger partial charge on any atom is 0.321 e. The Hall–Kier alpha value is -1.28. The van der Waals surface area contributed by atoms with Crippen LogP contribution in [0.5, 0.6) is 0 Å². The summed E-state index contributed by atoms with van der Waals surface area (Å²) in [7, 11) is 1.56. The highest BCUT2D eigenvalue weighted by Gasteiger charge is 2.30. The van der Waals surface area contributed by atoms with Crippen LogP contribution in [0.4, 0.5) is 0 Å². The van der Waals surface area contributed by atoms with Gasteiger partial charge in [0.1, 0.15) is 6.04 Å². The fraction of sp³-hybridized carbons (Fsp3) is 0.769. The zero-order valence-electron chi connectivity index (χ0n) is 12.5. The number of amides is 2. The average Bonchev–Trinajstić information content (AvgIpc) is 2.45. The van der Waals surface area contributed by atoms with E-state index in [0.717, 1.165) is 12.2 Å². The summed E-state index contributed by atoms with van der Waals surface area (Å²) in [5.74, 6) is -0.0315. The average molecular weight is 317 g/mol. The number of carbonyl (C=O) groups is 3. The van der Waals surface area contributed by atoms with Gasteiger partial charge in [-0.2, -0.15) is 11.8 Å². The van der Waals surface area contributed by atoms with Crippen LogP contribution in [0.3, 0.4) is 0 Å². The number of thioether (sulfide) groups is 1. The van der Waals surface area contributed by atoms with Crippen molar-refractivity contribution >= 4 is 29.5 Å². The predicted molar refractivity (Wildman–Crippen MR) is 81.3 cm³/mol. The minimum absolute atomic E-state index is 0.000832. The molecule has 0 spiro atoms. The van der Waals surface area contributed by atoms with Crippen molar-refractivity contribution in [1.29, 1.82) is 0 Å². The van der Waals surface area contributed by atoms with E-state index in [9.17, 15) is 14.4 Å². The first-order chi connectivity index (χ1) is 9.95. The molecule has 0 bridgehead atoms. The molecular weight excluding hydrogens is 294 g/mol. The third-order valence-corrected chi connectivity index (χ3v) is 4.26. The SMILES string of the molecule is CCCNC(=O)CN(C)C(=O)CN1CCSCC1C(=O)O. The van der Waals surface area contributed by atoms with Gasteiger partial charge in [0.05, 0.1) is 13.1 Å². The molecule has 1 saturated heterocycles. The van der Waals surface area contributed by atoms with E-state index in [1.807, 2.05) is 6.92 Å². The van der Waals surface area contributed by atoms with Crippen LogP contribution < -0.4 is 5.32 Å². The second-order valence-corrected chi connectivity index (χ2v) is 6.15. The van der Waals surface area contributed by atoms with E-state index in [1.165, 1.54) is 4.90 Å². The highest BCUT2D eigenvalue weighted by atomic mass is 32.2. The van der Waals surface area contributed by atoms with Crippen molar-refractivity contribution in [1.82, 2.24) is 15.1 Å². The standard InChI is InChI=1S/C13H23N3O4S/c1-3-4-14-11(17)7-15(2)12(18)8-16-5-6-21-9-10(16)13(19)20/h10H,3-9H2,1-2H3,(H,14,17)(H,19,20). The Balaban J connectivity index is 2.46. The molecule has 1 heterocycles. The number of rotatable bonds is 7. The summed E-state index contributed by atoms with van der Waals surface area (Å²) in [6.07, 6.45) is 0.842. The van der Waals surface area contributed by atoms with E-state index in [0.29, 0.717) is 18.8 Å². The van der Waals surface area contributed by atoms with Crippen molar-refractivity contribution in [2.45, 2.75) is 19.4 Å². The lowest BCUT2D eigenvalue weighted by molar-refractivity contribution is -0.144. The molecule has 8 heteroatoms. The molecule has 21 heavy (non-hydrogen) atoms. The van der Waals surface area contributed by atoms with Crippen LogP contribution >= 0.6 is 11.8 Å². The van der Waals surface area contributed by atoms with Gasteiger partial charge >= 0.3 is 5.97 Å². The van der Waals surface area contributed by atoms with Crippen LogP contribution in [0.2, 0.25) is 0 Å². The maximum atomic E-state index is 12.1. The number of hydrogen-bond acceptors (Lipinski definition) is 5. The lowest BCUT2D eigenvalue weighted by Crippen LogP contribution is -2.52. The monoisotopic (exact) mass is 317 g/mol. The van der Waals surface area contributed by atoms with Gasteiger partial charge in [-0.3, -0.25) is 19.3 Å². The molecule has 2 N–H and O–H groups in total. The predicted octanol–water partition coefficient (Wildman–Crippen LogP) is -0.527. The highest BCUT2D eigenvalue weighted by Crippen LogP contribution is 2.16. The number of carboxylic acid groups (broad SMARTS) is 1. The zero-order valence-corrected chi connectivity index (χ0v) is 13.3. The summed E-state index contributed by atoms with van der Waals surface area (Å²) in [4.78, 5) is 37.8. The Kier molecular flexibility index (Phi) is 7.52. The molecule has 1 unspecified atom stereocenters. The second kappa shape index (κ2) is 8.89. The van der Waals surface area contributed by atoms with Gasteiger partial charge in [0, 0.05) is 31.6 Å². The van der Waals surface area contributed by atoms with Crippen molar-refractivity contribution in [3.63, 3.8) is 0 Å². The van der Waals surface area contributed by atoms with Gasteiger partial charge in [0.2, 0.25) is 11.8 Å². The van der Waals surface area contributed by atoms with Gasteiger partial charge in [0.25, 0.3) is 0 Å². The smallest absolute Gasteiger partial charge is 0.321 e. The van der Waals surface area contributed by atoms with Gasteiger partial charge in [0.15, 0.2) is 0 Å².